The monoisotopic (exact) mass is 377 g/mol. The molecule has 2 aliphatic heterocycles. The van der Waals surface area contributed by atoms with Gasteiger partial charge in [-0.25, -0.2) is 0 Å². The van der Waals surface area contributed by atoms with Crippen LogP contribution in [-0.2, 0) is 16.1 Å². The van der Waals surface area contributed by atoms with Crippen LogP contribution in [0.1, 0.15) is 30.6 Å². The molecule has 7 nitrogen and oxygen atoms in total. The van der Waals surface area contributed by atoms with Gasteiger partial charge in [0.05, 0.1) is 6.54 Å². The normalized spacial score (nSPS) is 20.5. The third kappa shape index (κ3) is 3.38. The lowest BCUT2D eigenvalue weighted by atomic mass is 10.2. The van der Waals surface area contributed by atoms with E-state index in [1.54, 1.807) is 16.2 Å². The summed E-state index contributed by atoms with van der Waals surface area (Å²) in [5.41, 5.74) is 0. The lowest BCUT2D eigenvalue weighted by molar-refractivity contribution is -0.122. The summed E-state index contributed by atoms with van der Waals surface area (Å²) >= 11 is 3.04. The van der Waals surface area contributed by atoms with Crippen molar-refractivity contribution in [1.29, 1.82) is 0 Å². The lowest BCUT2D eigenvalue weighted by Crippen LogP contribution is -2.43. The highest BCUT2D eigenvalue weighted by molar-refractivity contribution is 7.19. The second-order valence-corrected chi connectivity index (χ2v) is 8.13. The molecule has 0 spiro atoms. The van der Waals surface area contributed by atoms with E-state index in [1.807, 2.05) is 22.4 Å². The molecular weight excluding hydrogens is 358 g/mol. The fourth-order valence-corrected chi connectivity index (χ4v) is 4.87. The summed E-state index contributed by atoms with van der Waals surface area (Å²) in [6, 6.07) is 3.78. The van der Waals surface area contributed by atoms with Gasteiger partial charge in [0, 0.05) is 24.4 Å². The number of hydrogen-bond acceptors (Lipinski definition) is 7. The largest absolute Gasteiger partial charge is 0.349 e. The summed E-state index contributed by atoms with van der Waals surface area (Å²) in [4.78, 5) is 29.3. The van der Waals surface area contributed by atoms with E-state index in [9.17, 15) is 9.59 Å². The number of thiophene rings is 1. The molecule has 0 unspecified atom stereocenters. The summed E-state index contributed by atoms with van der Waals surface area (Å²) in [6.07, 6.45) is 3.21. The van der Waals surface area contributed by atoms with Crippen LogP contribution in [0.3, 0.4) is 0 Å². The number of aromatic nitrogens is 2. The van der Waals surface area contributed by atoms with Crippen LogP contribution < -0.4 is 15.1 Å². The zero-order valence-electron chi connectivity index (χ0n) is 13.7. The number of carbonyl (C=O) groups is 2. The molecule has 2 fully saturated rings. The molecule has 1 N–H and O–H groups in total. The molecule has 0 radical (unpaired) electrons. The Kier molecular flexibility index (Phi) is 4.67. The second-order valence-electron chi connectivity index (χ2n) is 6.16. The quantitative estimate of drug-likeness (QED) is 0.862. The van der Waals surface area contributed by atoms with Crippen molar-refractivity contribution in [1.82, 2.24) is 15.5 Å². The van der Waals surface area contributed by atoms with Gasteiger partial charge in [-0.2, -0.15) is 0 Å². The van der Waals surface area contributed by atoms with E-state index in [0.29, 0.717) is 24.6 Å². The van der Waals surface area contributed by atoms with Gasteiger partial charge in [-0.3, -0.25) is 14.5 Å². The minimum absolute atomic E-state index is 0.0277. The lowest BCUT2D eigenvalue weighted by Gasteiger charge is -2.22. The molecule has 4 rings (SSSR count). The Morgan fingerprint density at radius 2 is 2.16 bits per heavy atom. The molecule has 0 saturated carbocycles. The Hall–Kier alpha value is -2.00. The molecule has 4 heterocycles. The van der Waals surface area contributed by atoms with E-state index in [4.69, 9.17) is 0 Å². The average molecular weight is 377 g/mol. The van der Waals surface area contributed by atoms with Crippen molar-refractivity contribution in [2.45, 2.75) is 38.3 Å². The highest BCUT2D eigenvalue weighted by Gasteiger charge is 2.34. The number of amides is 2. The zero-order valence-corrected chi connectivity index (χ0v) is 15.3. The summed E-state index contributed by atoms with van der Waals surface area (Å²) in [7, 11) is 0. The minimum Gasteiger partial charge on any atom is -0.349 e. The summed E-state index contributed by atoms with van der Waals surface area (Å²) in [6.45, 7) is 2.06. The van der Waals surface area contributed by atoms with Crippen LogP contribution in [0.25, 0.3) is 0 Å². The predicted octanol–water partition coefficient (Wildman–Crippen LogP) is 2.01. The fraction of sp³-hybridized carbons (Fsp3) is 0.500. The summed E-state index contributed by atoms with van der Waals surface area (Å²) in [5, 5.41) is 14.8. The highest BCUT2D eigenvalue weighted by Crippen LogP contribution is 2.33. The predicted molar refractivity (Wildman–Crippen MR) is 98.0 cm³/mol. The van der Waals surface area contributed by atoms with Crippen molar-refractivity contribution in [3.63, 3.8) is 0 Å². The second kappa shape index (κ2) is 7.09. The van der Waals surface area contributed by atoms with E-state index in [1.165, 1.54) is 11.3 Å². The molecular formula is C16H19N5O2S2. The molecule has 0 aromatic carbocycles. The Labute approximate surface area is 153 Å². The Morgan fingerprint density at radius 1 is 1.28 bits per heavy atom. The number of carbonyl (C=O) groups excluding carboxylic acids is 2. The number of hydrogen-bond donors (Lipinski definition) is 1. The number of anilines is 2. The van der Waals surface area contributed by atoms with Crippen molar-refractivity contribution in [2.75, 3.05) is 22.9 Å². The first-order valence-corrected chi connectivity index (χ1v) is 10.1. The van der Waals surface area contributed by atoms with Gasteiger partial charge in [-0.1, -0.05) is 17.4 Å². The number of nitrogens with one attached hydrogen (secondary N) is 1. The van der Waals surface area contributed by atoms with Gasteiger partial charge in [-0.15, -0.1) is 21.5 Å². The van der Waals surface area contributed by atoms with E-state index in [2.05, 4.69) is 15.5 Å². The van der Waals surface area contributed by atoms with Crippen LogP contribution in [0.2, 0.25) is 0 Å². The van der Waals surface area contributed by atoms with Crippen molar-refractivity contribution in [2.24, 2.45) is 0 Å². The van der Waals surface area contributed by atoms with Gasteiger partial charge in [0.25, 0.3) is 0 Å². The standard InChI is InChI=1S/C16H19N5O2S2/c22-13-6-2-8-21(13)16-19-18-15(25-16)20-7-1-5-12(20)14(23)17-10-11-4-3-9-24-11/h3-4,9,12H,1-2,5-8,10H2,(H,17,23)/t12-/m0/s1. The van der Waals surface area contributed by atoms with Gasteiger partial charge in [-0.05, 0) is 30.7 Å². The van der Waals surface area contributed by atoms with Gasteiger partial charge >= 0.3 is 0 Å². The first-order chi connectivity index (χ1) is 12.2. The first-order valence-electron chi connectivity index (χ1n) is 8.43. The molecule has 2 saturated heterocycles. The summed E-state index contributed by atoms with van der Waals surface area (Å²) < 4.78 is 0. The smallest absolute Gasteiger partial charge is 0.243 e. The molecule has 25 heavy (non-hydrogen) atoms. The zero-order chi connectivity index (χ0) is 17.2. The van der Waals surface area contributed by atoms with Crippen LogP contribution in [0.4, 0.5) is 10.3 Å². The molecule has 1 atom stereocenters. The van der Waals surface area contributed by atoms with Gasteiger partial charge in [0.1, 0.15) is 6.04 Å². The van der Waals surface area contributed by atoms with Crippen LogP contribution in [0.15, 0.2) is 17.5 Å². The number of nitrogens with zero attached hydrogens (tertiary/aromatic N) is 4. The van der Waals surface area contributed by atoms with E-state index < -0.39 is 0 Å². The van der Waals surface area contributed by atoms with Crippen molar-refractivity contribution in [3.8, 4) is 0 Å². The van der Waals surface area contributed by atoms with Crippen LogP contribution in [-0.4, -0.2) is 41.1 Å². The Morgan fingerprint density at radius 3 is 2.92 bits per heavy atom. The third-order valence-electron chi connectivity index (χ3n) is 4.53. The Balaban J connectivity index is 1.43. The van der Waals surface area contributed by atoms with Gasteiger partial charge in [0.2, 0.25) is 22.1 Å². The van der Waals surface area contributed by atoms with Crippen molar-refractivity contribution < 1.29 is 9.59 Å². The summed E-state index contributed by atoms with van der Waals surface area (Å²) in [5.74, 6) is 0.134. The third-order valence-corrected chi connectivity index (χ3v) is 6.39. The van der Waals surface area contributed by atoms with Crippen molar-refractivity contribution in [3.05, 3.63) is 22.4 Å². The van der Waals surface area contributed by atoms with Gasteiger partial charge in [0.15, 0.2) is 0 Å². The molecule has 2 aliphatic rings. The maximum atomic E-state index is 12.6. The van der Waals surface area contributed by atoms with E-state index in [0.717, 1.165) is 35.8 Å². The molecule has 2 aromatic rings. The van der Waals surface area contributed by atoms with Crippen LogP contribution in [0.5, 0.6) is 0 Å². The van der Waals surface area contributed by atoms with E-state index in [-0.39, 0.29) is 17.9 Å². The molecule has 0 aliphatic carbocycles. The topological polar surface area (TPSA) is 78.4 Å². The first kappa shape index (κ1) is 16.5. The molecule has 132 valence electrons. The van der Waals surface area contributed by atoms with Gasteiger partial charge < -0.3 is 10.2 Å². The van der Waals surface area contributed by atoms with Crippen LogP contribution >= 0.6 is 22.7 Å². The molecule has 0 bridgehead atoms. The molecule has 9 heteroatoms. The average Bonchev–Trinajstić information content (AvgIpc) is 3.37. The molecule has 2 amide bonds. The van der Waals surface area contributed by atoms with E-state index >= 15 is 0 Å². The van der Waals surface area contributed by atoms with Crippen molar-refractivity contribution >= 4 is 44.8 Å². The fourth-order valence-electron chi connectivity index (χ4n) is 3.26. The minimum atomic E-state index is -0.213. The van der Waals surface area contributed by atoms with Crippen LogP contribution in [0, 0.1) is 0 Å². The SMILES string of the molecule is O=C(NCc1cccs1)[C@@H]1CCCN1c1nnc(N2CCCC2=O)s1. The maximum absolute atomic E-state index is 12.6. The Bertz CT molecular complexity index is 760. The molecule has 2 aromatic heterocycles. The maximum Gasteiger partial charge on any atom is 0.243 e. The number of rotatable bonds is 5. The highest BCUT2D eigenvalue weighted by atomic mass is 32.1.